The van der Waals surface area contributed by atoms with Crippen LogP contribution in [0.15, 0.2) is 112 Å². The van der Waals surface area contributed by atoms with Crippen LogP contribution in [-0.4, -0.2) is 5.91 Å². The zero-order valence-electron chi connectivity index (χ0n) is 13.0. The SMILES string of the molecule is c1ccc([PH](c2ccccc2)(c2ccccc2)C2N=NN=N2)cc1. The summed E-state index contributed by atoms with van der Waals surface area (Å²) in [7, 11) is -2.51. The van der Waals surface area contributed by atoms with Crippen LogP contribution < -0.4 is 15.9 Å². The van der Waals surface area contributed by atoms with Crippen molar-refractivity contribution in [3.8, 4) is 0 Å². The molecule has 0 unspecified atom stereocenters. The topological polar surface area (TPSA) is 49.4 Å². The van der Waals surface area contributed by atoms with Crippen LogP contribution in [0.2, 0.25) is 0 Å². The summed E-state index contributed by atoms with van der Waals surface area (Å²) in [4.78, 5) is 0. The van der Waals surface area contributed by atoms with Crippen molar-refractivity contribution in [3.05, 3.63) is 91.0 Å². The van der Waals surface area contributed by atoms with Crippen molar-refractivity contribution >= 4 is 23.2 Å². The molecule has 24 heavy (non-hydrogen) atoms. The molecule has 3 aromatic rings. The van der Waals surface area contributed by atoms with Gasteiger partial charge in [0.05, 0.1) is 0 Å². The Balaban J connectivity index is 2.07. The molecule has 0 fully saturated rings. The van der Waals surface area contributed by atoms with Crippen LogP contribution in [0.3, 0.4) is 0 Å². The molecule has 1 aliphatic rings. The molecule has 0 amide bonds. The van der Waals surface area contributed by atoms with Gasteiger partial charge in [0.15, 0.2) is 0 Å². The second kappa shape index (κ2) is 6.42. The standard InChI is InChI=1S/C19H17N4P/c1-4-10-16(11-5-1)24(19-20-22-23-21-19,17-12-6-2-7-13-17)18-14-8-3-9-15-18/h1-15,19,24H. The first-order valence-corrected chi connectivity index (χ1v) is 9.96. The molecule has 0 radical (unpaired) electrons. The number of rotatable bonds is 4. The van der Waals surface area contributed by atoms with E-state index in [1.807, 2.05) is 18.2 Å². The zero-order chi connectivity index (χ0) is 16.2. The van der Waals surface area contributed by atoms with Gasteiger partial charge in [-0.2, -0.15) is 0 Å². The minimum atomic E-state index is -2.51. The molecule has 0 N–H and O–H groups in total. The fraction of sp³-hybridized carbons (Fsp3) is 0.0526. The first kappa shape index (κ1) is 14.9. The normalized spacial score (nSPS) is 14.8. The molecule has 0 atom stereocenters. The van der Waals surface area contributed by atoms with Gasteiger partial charge in [-0.25, -0.2) is 0 Å². The van der Waals surface area contributed by atoms with E-state index in [0.29, 0.717) is 0 Å². The maximum atomic E-state index is 4.39. The maximum absolute atomic E-state index is 4.39. The van der Waals surface area contributed by atoms with Crippen LogP contribution in [0.1, 0.15) is 0 Å². The molecule has 4 rings (SSSR count). The van der Waals surface area contributed by atoms with E-state index in [9.17, 15) is 0 Å². The van der Waals surface area contributed by atoms with Crippen molar-refractivity contribution in [2.45, 2.75) is 5.91 Å². The Labute approximate surface area is 141 Å². The number of hydrogen-bond acceptors (Lipinski definition) is 4. The summed E-state index contributed by atoms with van der Waals surface area (Å²) in [6.45, 7) is 0. The molecule has 0 aromatic heterocycles. The molecular weight excluding hydrogens is 315 g/mol. The fourth-order valence-corrected chi connectivity index (χ4v) is 7.89. The molecule has 1 aliphatic heterocycles. The molecule has 0 saturated carbocycles. The summed E-state index contributed by atoms with van der Waals surface area (Å²) in [6, 6.07) is 31.6. The van der Waals surface area contributed by atoms with Gasteiger partial charge in [-0.1, -0.05) is 0 Å². The van der Waals surface area contributed by atoms with E-state index < -0.39 is 7.26 Å². The van der Waals surface area contributed by atoms with Gasteiger partial charge < -0.3 is 0 Å². The Morgan fingerprint density at radius 2 is 0.833 bits per heavy atom. The Hall–Kier alpha value is -2.71. The number of benzene rings is 3. The molecule has 0 spiro atoms. The number of hydrogen-bond donors (Lipinski definition) is 0. The van der Waals surface area contributed by atoms with E-state index in [-0.39, 0.29) is 5.91 Å². The second-order valence-electron chi connectivity index (χ2n) is 5.69. The zero-order valence-corrected chi connectivity index (χ0v) is 14.0. The predicted octanol–water partition coefficient (Wildman–Crippen LogP) is 3.83. The van der Waals surface area contributed by atoms with Crippen LogP contribution in [0.5, 0.6) is 0 Å². The van der Waals surface area contributed by atoms with Gasteiger partial charge in [0.1, 0.15) is 0 Å². The molecule has 118 valence electrons. The van der Waals surface area contributed by atoms with E-state index >= 15 is 0 Å². The molecule has 5 heteroatoms. The van der Waals surface area contributed by atoms with Crippen molar-refractivity contribution < 1.29 is 0 Å². The van der Waals surface area contributed by atoms with E-state index in [1.165, 1.54) is 15.9 Å². The Bertz CT molecular complexity index is 755. The Kier molecular flexibility index (Phi) is 3.97. The van der Waals surface area contributed by atoms with Crippen molar-refractivity contribution in [2.24, 2.45) is 20.7 Å². The monoisotopic (exact) mass is 332 g/mol. The molecule has 4 nitrogen and oxygen atoms in total. The summed E-state index contributed by atoms with van der Waals surface area (Å²) >= 11 is 0. The average Bonchev–Trinajstić information content (AvgIpc) is 3.20. The van der Waals surface area contributed by atoms with Gasteiger partial charge in [-0.15, -0.1) is 0 Å². The van der Waals surface area contributed by atoms with E-state index in [1.54, 1.807) is 0 Å². The van der Waals surface area contributed by atoms with Gasteiger partial charge >= 0.3 is 141 Å². The minimum absolute atomic E-state index is 0.287. The van der Waals surface area contributed by atoms with Crippen LogP contribution in [0, 0.1) is 0 Å². The van der Waals surface area contributed by atoms with Gasteiger partial charge in [0.25, 0.3) is 0 Å². The summed E-state index contributed by atoms with van der Waals surface area (Å²) in [5, 5.41) is 20.2. The van der Waals surface area contributed by atoms with Crippen LogP contribution in [0.4, 0.5) is 0 Å². The van der Waals surface area contributed by atoms with Crippen LogP contribution in [0.25, 0.3) is 0 Å². The summed E-state index contributed by atoms with van der Waals surface area (Å²) in [5.74, 6) is -0.287. The van der Waals surface area contributed by atoms with E-state index in [0.717, 1.165) is 0 Å². The molecule has 0 bridgehead atoms. The van der Waals surface area contributed by atoms with Crippen LogP contribution >= 0.6 is 7.26 Å². The van der Waals surface area contributed by atoms with E-state index in [2.05, 4.69) is 93.5 Å². The average molecular weight is 332 g/mol. The molecule has 3 aromatic carbocycles. The summed E-state index contributed by atoms with van der Waals surface area (Å²) in [5.41, 5.74) is 0. The quantitative estimate of drug-likeness (QED) is 0.652. The summed E-state index contributed by atoms with van der Waals surface area (Å²) < 4.78 is 0. The van der Waals surface area contributed by atoms with Crippen molar-refractivity contribution in [2.75, 3.05) is 0 Å². The molecule has 0 saturated heterocycles. The van der Waals surface area contributed by atoms with Crippen LogP contribution in [-0.2, 0) is 0 Å². The third-order valence-electron chi connectivity index (χ3n) is 4.44. The Morgan fingerprint density at radius 1 is 0.500 bits per heavy atom. The van der Waals surface area contributed by atoms with Gasteiger partial charge in [-0.3, -0.25) is 0 Å². The van der Waals surface area contributed by atoms with Crippen molar-refractivity contribution in [1.29, 1.82) is 0 Å². The van der Waals surface area contributed by atoms with Crippen molar-refractivity contribution in [3.63, 3.8) is 0 Å². The molecular formula is C19H17N4P. The summed E-state index contributed by atoms with van der Waals surface area (Å²) in [6.07, 6.45) is 0. The van der Waals surface area contributed by atoms with Gasteiger partial charge in [0, 0.05) is 0 Å². The molecule has 0 aliphatic carbocycles. The third-order valence-corrected chi connectivity index (χ3v) is 9.17. The van der Waals surface area contributed by atoms with Crippen molar-refractivity contribution in [1.82, 2.24) is 0 Å². The fourth-order valence-electron chi connectivity index (χ4n) is 3.39. The van der Waals surface area contributed by atoms with Gasteiger partial charge in [-0.05, 0) is 0 Å². The van der Waals surface area contributed by atoms with E-state index in [4.69, 9.17) is 0 Å². The third kappa shape index (κ3) is 2.36. The first-order valence-electron chi connectivity index (χ1n) is 7.89. The van der Waals surface area contributed by atoms with Gasteiger partial charge in [0.2, 0.25) is 0 Å². The Morgan fingerprint density at radius 3 is 1.17 bits per heavy atom. The molecule has 1 heterocycles. The predicted molar refractivity (Wildman–Crippen MR) is 100 cm³/mol. The first-order chi connectivity index (χ1) is 11.9. The number of nitrogens with zero attached hydrogens (tertiary/aromatic N) is 4. The second-order valence-corrected chi connectivity index (χ2v) is 9.55.